The van der Waals surface area contributed by atoms with Gasteiger partial charge in [0.15, 0.2) is 0 Å². The number of hydrogen-bond acceptors (Lipinski definition) is 2. The molecule has 1 heterocycles. The van der Waals surface area contributed by atoms with Gasteiger partial charge in [-0.3, -0.25) is 0 Å². The van der Waals surface area contributed by atoms with E-state index in [1.54, 1.807) is 0 Å². The van der Waals surface area contributed by atoms with Gasteiger partial charge in [0.05, 0.1) is 6.10 Å². The molecule has 16 heavy (non-hydrogen) atoms. The SMILES string of the molecule is Cc1ccc(Br)cc1OCC1CCCCO1. The highest BCUT2D eigenvalue weighted by Gasteiger charge is 2.14. The molecule has 0 N–H and O–H groups in total. The van der Waals surface area contributed by atoms with E-state index in [0.29, 0.717) is 6.61 Å². The van der Waals surface area contributed by atoms with Gasteiger partial charge in [-0.2, -0.15) is 0 Å². The number of ether oxygens (including phenoxy) is 2. The van der Waals surface area contributed by atoms with Gasteiger partial charge in [0, 0.05) is 11.1 Å². The maximum Gasteiger partial charge on any atom is 0.123 e. The van der Waals surface area contributed by atoms with Crippen LogP contribution in [0, 0.1) is 6.92 Å². The molecule has 1 atom stereocenters. The van der Waals surface area contributed by atoms with Crippen LogP contribution in [0.2, 0.25) is 0 Å². The fourth-order valence-corrected chi connectivity index (χ4v) is 2.19. The lowest BCUT2D eigenvalue weighted by molar-refractivity contribution is -0.0112. The molecule has 1 fully saturated rings. The van der Waals surface area contributed by atoms with Gasteiger partial charge in [-0.25, -0.2) is 0 Å². The summed E-state index contributed by atoms with van der Waals surface area (Å²) in [4.78, 5) is 0. The lowest BCUT2D eigenvalue weighted by Gasteiger charge is -2.23. The Labute approximate surface area is 105 Å². The van der Waals surface area contributed by atoms with E-state index in [1.807, 2.05) is 12.1 Å². The summed E-state index contributed by atoms with van der Waals surface area (Å²) in [5.41, 5.74) is 1.17. The Balaban J connectivity index is 1.90. The number of rotatable bonds is 3. The van der Waals surface area contributed by atoms with E-state index in [-0.39, 0.29) is 6.10 Å². The second kappa shape index (κ2) is 5.69. The van der Waals surface area contributed by atoms with Crippen molar-refractivity contribution in [3.05, 3.63) is 28.2 Å². The molecule has 0 amide bonds. The molecule has 2 nitrogen and oxygen atoms in total. The molecule has 0 aromatic heterocycles. The molecular weight excluding hydrogens is 268 g/mol. The van der Waals surface area contributed by atoms with Crippen molar-refractivity contribution < 1.29 is 9.47 Å². The second-order valence-corrected chi connectivity index (χ2v) is 5.13. The molecule has 1 saturated heterocycles. The molecule has 1 unspecified atom stereocenters. The molecule has 3 heteroatoms. The van der Waals surface area contributed by atoms with Crippen LogP contribution in [0.3, 0.4) is 0 Å². The standard InChI is InChI=1S/C13H17BrO2/c1-10-5-6-11(14)8-13(10)16-9-12-4-2-3-7-15-12/h5-6,8,12H,2-4,7,9H2,1H3. The van der Waals surface area contributed by atoms with Gasteiger partial charge >= 0.3 is 0 Å². The monoisotopic (exact) mass is 284 g/mol. The first-order valence-electron chi connectivity index (χ1n) is 5.76. The van der Waals surface area contributed by atoms with Crippen LogP contribution < -0.4 is 4.74 Å². The molecule has 88 valence electrons. The molecule has 0 bridgehead atoms. The zero-order chi connectivity index (χ0) is 11.4. The van der Waals surface area contributed by atoms with Gasteiger partial charge in [0.1, 0.15) is 12.4 Å². The summed E-state index contributed by atoms with van der Waals surface area (Å²) < 4.78 is 12.5. The summed E-state index contributed by atoms with van der Waals surface area (Å²) in [5, 5.41) is 0. The molecule has 0 spiro atoms. The first kappa shape index (κ1) is 11.9. The van der Waals surface area contributed by atoms with Gasteiger partial charge < -0.3 is 9.47 Å². The molecule has 1 aliphatic heterocycles. The molecule has 1 aliphatic rings. The van der Waals surface area contributed by atoms with E-state index in [1.165, 1.54) is 18.4 Å². The van der Waals surface area contributed by atoms with Crippen LogP contribution in [0.4, 0.5) is 0 Å². The molecular formula is C13H17BrO2. The fraction of sp³-hybridized carbons (Fsp3) is 0.538. The highest BCUT2D eigenvalue weighted by molar-refractivity contribution is 9.10. The summed E-state index contributed by atoms with van der Waals surface area (Å²) in [6, 6.07) is 6.10. The molecule has 1 aromatic carbocycles. The summed E-state index contributed by atoms with van der Waals surface area (Å²) >= 11 is 3.45. The Morgan fingerprint density at radius 3 is 3.06 bits per heavy atom. The van der Waals surface area contributed by atoms with Crippen LogP contribution in [0.5, 0.6) is 5.75 Å². The van der Waals surface area contributed by atoms with E-state index >= 15 is 0 Å². The highest BCUT2D eigenvalue weighted by atomic mass is 79.9. The van der Waals surface area contributed by atoms with Crippen molar-refractivity contribution in [1.82, 2.24) is 0 Å². The van der Waals surface area contributed by atoms with Crippen molar-refractivity contribution in [1.29, 1.82) is 0 Å². The quantitative estimate of drug-likeness (QED) is 0.843. The van der Waals surface area contributed by atoms with E-state index < -0.39 is 0 Å². The second-order valence-electron chi connectivity index (χ2n) is 4.21. The van der Waals surface area contributed by atoms with Crippen LogP contribution in [0.25, 0.3) is 0 Å². The van der Waals surface area contributed by atoms with Crippen molar-refractivity contribution in [2.75, 3.05) is 13.2 Å². The Kier molecular flexibility index (Phi) is 4.24. The number of aryl methyl sites for hydroxylation is 1. The first-order chi connectivity index (χ1) is 7.75. The molecule has 2 rings (SSSR count). The summed E-state index contributed by atoms with van der Waals surface area (Å²) in [5.74, 6) is 0.948. The lowest BCUT2D eigenvalue weighted by atomic mass is 10.1. The van der Waals surface area contributed by atoms with Crippen molar-refractivity contribution in [3.8, 4) is 5.75 Å². The maximum atomic E-state index is 5.80. The average molecular weight is 285 g/mol. The highest BCUT2D eigenvalue weighted by Crippen LogP contribution is 2.24. The van der Waals surface area contributed by atoms with Crippen LogP contribution in [0.1, 0.15) is 24.8 Å². The summed E-state index contributed by atoms with van der Waals surface area (Å²) in [7, 11) is 0. The molecule has 0 radical (unpaired) electrons. The Morgan fingerprint density at radius 2 is 2.31 bits per heavy atom. The third-order valence-electron chi connectivity index (χ3n) is 2.85. The van der Waals surface area contributed by atoms with Gasteiger partial charge in [0.25, 0.3) is 0 Å². The Bertz CT molecular complexity index is 346. The zero-order valence-corrected chi connectivity index (χ0v) is 11.1. The summed E-state index contributed by atoms with van der Waals surface area (Å²) in [6.07, 6.45) is 3.83. The number of benzene rings is 1. The first-order valence-corrected chi connectivity index (χ1v) is 6.55. The zero-order valence-electron chi connectivity index (χ0n) is 9.54. The van der Waals surface area contributed by atoms with Crippen LogP contribution in [-0.4, -0.2) is 19.3 Å². The minimum atomic E-state index is 0.270. The van der Waals surface area contributed by atoms with Gasteiger partial charge in [-0.1, -0.05) is 22.0 Å². The van der Waals surface area contributed by atoms with E-state index in [2.05, 4.69) is 28.9 Å². The predicted octanol–water partition coefficient (Wildman–Crippen LogP) is 3.71. The molecule has 0 aliphatic carbocycles. The van der Waals surface area contributed by atoms with Crippen molar-refractivity contribution in [2.24, 2.45) is 0 Å². The number of halogens is 1. The largest absolute Gasteiger partial charge is 0.491 e. The van der Waals surface area contributed by atoms with Gasteiger partial charge in [-0.15, -0.1) is 0 Å². The summed E-state index contributed by atoms with van der Waals surface area (Å²) in [6.45, 7) is 3.60. The van der Waals surface area contributed by atoms with E-state index in [9.17, 15) is 0 Å². The van der Waals surface area contributed by atoms with Crippen molar-refractivity contribution in [2.45, 2.75) is 32.3 Å². The fourth-order valence-electron chi connectivity index (χ4n) is 1.85. The average Bonchev–Trinajstić information content (AvgIpc) is 2.32. The van der Waals surface area contributed by atoms with Gasteiger partial charge in [0.2, 0.25) is 0 Å². The smallest absolute Gasteiger partial charge is 0.123 e. The van der Waals surface area contributed by atoms with Crippen LogP contribution in [0.15, 0.2) is 22.7 Å². The van der Waals surface area contributed by atoms with Crippen molar-refractivity contribution >= 4 is 15.9 Å². The Morgan fingerprint density at radius 1 is 1.44 bits per heavy atom. The van der Waals surface area contributed by atoms with Crippen LogP contribution >= 0.6 is 15.9 Å². The van der Waals surface area contributed by atoms with Crippen molar-refractivity contribution in [3.63, 3.8) is 0 Å². The maximum absolute atomic E-state index is 5.80. The third-order valence-corrected chi connectivity index (χ3v) is 3.34. The topological polar surface area (TPSA) is 18.5 Å². The Hall–Kier alpha value is -0.540. The molecule has 0 saturated carbocycles. The third kappa shape index (κ3) is 3.22. The minimum absolute atomic E-state index is 0.270. The van der Waals surface area contributed by atoms with Gasteiger partial charge in [-0.05, 0) is 43.9 Å². The van der Waals surface area contributed by atoms with Crippen LogP contribution in [-0.2, 0) is 4.74 Å². The minimum Gasteiger partial charge on any atom is -0.491 e. The number of hydrogen-bond donors (Lipinski definition) is 0. The normalized spacial score (nSPS) is 20.8. The molecule has 1 aromatic rings. The van der Waals surface area contributed by atoms with E-state index in [4.69, 9.17) is 9.47 Å². The predicted molar refractivity (Wildman–Crippen MR) is 68.0 cm³/mol. The van der Waals surface area contributed by atoms with E-state index in [0.717, 1.165) is 23.2 Å². The lowest BCUT2D eigenvalue weighted by Crippen LogP contribution is -2.25.